The average molecular weight is 210 g/mol. The van der Waals surface area contributed by atoms with E-state index in [0.29, 0.717) is 6.54 Å². The van der Waals surface area contributed by atoms with Crippen LogP contribution in [-0.2, 0) is 0 Å². The molecule has 0 bridgehead atoms. The van der Waals surface area contributed by atoms with Crippen molar-refractivity contribution in [3.63, 3.8) is 0 Å². The molecule has 1 amide bonds. The van der Waals surface area contributed by atoms with Gasteiger partial charge in [-0.1, -0.05) is 0 Å². The van der Waals surface area contributed by atoms with Crippen LogP contribution < -0.4 is 0 Å². The molecule has 6 nitrogen and oxygen atoms in total. The van der Waals surface area contributed by atoms with Crippen molar-refractivity contribution in [1.29, 1.82) is 0 Å². The zero-order valence-electron chi connectivity index (χ0n) is 8.60. The van der Waals surface area contributed by atoms with Crippen LogP contribution >= 0.6 is 0 Å². The molecule has 1 heterocycles. The third-order valence-electron chi connectivity index (χ3n) is 2.80. The SMILES string of the molecule is CN(CC1(O)CCC1)C(=O)c1cn[nH]n1. The molecule has 1 aliphatic rings. The van der Waals surface area contributed by atoms with Gasteiger partial charge in [0.1, 0.15) is 0 Å². The van der Waals surface area contributed by atoms with Crippen LogP contribution in [0.1, 0.15) is 29.8 Å². The number of nitrogens with zero attached hydrogens (tertiary/aromatic N) is 3. The van der Waals surface area contributed by atoms with E-state index in [2.05, 4.69) is 15.4 Å². The standard InChI is InChI=1S/C9H14N4O2/c1-13(6-9(15)3-2-4-9)8(14)7-5-10-12-11-7/h5,15H,2-4,6H2,1H3,(H,10,11,12). The van der Waals surface area contributed by atoms with Crippen LogP contribution in [0, 0.1) is 0 Å². The van der Waals surface area contributed by atoms with Crippen molar-refractivity contribution in [2.75, 3.05) is 13.6 Å². The lowest BCUT2D eigenvalue weighted by molar-refractivity contribution is -0.0499. The molecule has 0 radical (unpaired) electrons. The third kappa shape index (κ3) is 1.99. The fraction of sp³-hybridized carbons (Fsp3) is 0.667. The molecule has 82 valence electrons. The van der Waals surface area contributed by atoms with Crippen LogP contribution in [0.25, 0.3) is 0 Å². The summed E-state index contributed by atoms with van der Waals surface area (Å²) in [6, 6.07) is 0. The van der Waals surface area contributed by atoms with Crippen molar-refractivity contribution in [3.8, 4) is 0 Å². The Balaban J connectivity index is 1.96. The highest BCUT2D eigenvalue weighted by molar-refractivity contribution is 5.91. The number of nitrogens with one attached hydrogen (secondary N) is 1. The van der Waals surface area contributed by atoms with Gasteiger partial charge >= 0.3 is 0 Å². The number of aromatic nitrogens is 3. The molecule has 0 aliphatic heterocycles. The zero-order chi connectivity index (χ0) is 10.9. The number of hydrogen-bond acceptors (Lipinski definition) is 4. The number of hydrogen-bond donors (Lipinski definition) is 2. The normalized spacial score (nSPS) is 18.3. The number of H-pyrrole nitrogens is 1. The zero-order valence-corrected chi connectivity index (χ0v) is 8.60. The van der Waals surface area contributed by atoms with Crippen molar-refractivity contribution in [2.24, 2.45) is 0 Å². The van der Waals surface area contributed by atoms with Gasteiger partial charge in [0.15, 0.2) is 5.69 Å². The average Bonchev–Trinajstić information content (AvgIpc) is 2.66. The number of rotatable bonds is 3. The minimum absolute atomic E-state index is 0.218. The van der Waals surface area contributed by atoms with E-state index in [0.717, 1.165) is 19.3 Å². The largest absolute Gasteiger partial charge is 0.388 e. The minimum atomic E-state index is -0.686. The van der Waals surface area contributed by atoms with Crippen LogP contribution in [0.4, 0.5) is 0 Å². The monoisotopic (exact) mass is 210 g/mol. The predicted octanol–water partition coefficient (Wildman–Crippen LogP) is -0.208. The topological polar surface area (TPSA) is 82.1 Å². The Labute approximate surface area is 87.3 Å². The maximum absolute atomic E-state index is 11.7. The van der Waals surface area contributed by atoms with E-state index in [1.54, 1.807) is 7.05 Å². The second kappa shape index (κ2) is 3.62. The maximum atomic E-state index is 11.7. The minimum Gasteiger partial charge on any atom is -0.388 e. The van der Waals surface area contributed by atoms with Crippen molar-refractivity contribution in [1.82, 2.24) is 20.3 Å². The molecule has 1 aromatic rings. The first-order chi connectivity index (χ1) is 7.11. The lowest BCUT2D eigenvalue weighted by Gasteiger charge is -2.39. The first kappa shape index (κ1) is 10.1. The van der Waals surface area contributed by atoms with Gasteiger partial charge in [-0.3, -0.25) is 4.79 Å². The van der Waals surface area contributed by atoms with Gasteiger partial charge in [0.05, 0.1) is 11.8 Å². The smallest absolute Gasteiger partial charge is 0.275 e. The molecule has 1 fully saturated rings. The molecular formula is C9H14N4O2. The van der Waals surface area contributed by atoms with Crippen molar-refractivity contribution in [2.45, 2.75) is 24.9 Å². The van der Waals surface area contributed by atoms with Gasteiger partial charge in [0, 0.05) is 13.6 Å². The summed E-state index contributed by atoms with van der Waals surface area (Å²) in [5.41, 5.74) is -0.408. The van der Waals surface area contributed by atoms with E-state index in [9.17, 15) is 9.90 Å². The van der Waals surface area contributed by atoms with Crippen molar-refractivity contribution < 1.29 is 9.90 Å². The molecule has 1 aliphatic carbocycles. The van der Waals surface area contributed by atoms with Gasteiger partial charge in [0.25, 0.3) is 5.91 Å². The Hall–Kier alpha value is -1.43. The number of likely N-dealkylation sites (N-methyl/N-ethyl adjacent to an activating group) is 1. The summed E-state index contributed by atoms with van der Waals surface area (Å²) < 4.78 is 0. The Kier molecular flexibility index (Phi) is 2.44. The van der Waals surface area contributed by atoms with Crippen LogP contribution in [0.3, 0.4) is 0 Å². The predicted molar refractivity (Wildman–Crippen MR) is 52.1 cm³/mol. The van der Waals surface area contributed by atoms with E-state index in [4.69, 9.17) is 0 Å². The van der Waals surface area contributed by atoms with Gasteiger partial charge in [-0.2, -0.15) is 15.4 Å². The first-order valence-electron chi connectivity index (χ1n) is 4.94. The summed E-state index contributed by atoms with van der Waals surface area (Å²) in [5.74, 6) is -0.218. The fourth-order valence-corrected chi connectivity index (χ4v) is 1.76. The number of carbonyl (C=O) groups excluding carboxylic acids is 1. The molecule has 0 spiro atoms. The lowest BCUT2D eigenvalue weighted by atomic mass is 9.80. The molecule has 0 unspecified atom stereocenters. The molecule has 2 rings (SSSR count). The van der Waals surface area contributed by atoms with E-state index in [1.807, 2.05) is 0 Å². The summed E-state index contributed by atoms with van der Waals surface area (Å²) in [7, 11) is 1.66. The van der Waals surface area contributed by atoms with Crippen molar-refractivity contribution >= 4 is 5.91 Å². The molecule has 0 atom stereocenters. The van der Waals surface area contributed by atoms with E-state index >= 15 is 0 Å². The Morgan fingerprint density at radius 3 is 2.93 bits per heavy atom. The van der Waals surface area contributed by atoms with Crippen LogP contribution in [-0.4, -0.2) is 50.5 Å². The van der Waals surface area contributed by atoms with Crippen LogP contribution in [0.2, 0.25) is 0 Å². The lowest BCUT2D eigenvalue weighted by Crippen LogP contribution is -2.48. The summed E-state index contributed by atoms with van der Waals surface area (Å²) in [5, 5.41) is 19.5. The molecule has 0 aromatic carbocycles. The Bertz CT molecular complexity index is 345. The maximum Gasteiger partial charge on any atom is 0.275 e. The van der Waals surface area contributed by atoms with E-state index in [-0.39, 0.29) is 11.6 Å². The quantitative estimate of drug-likeness (QED) is 0.723. The molecular weight excluding hydrogens is 196 g/mol. The Morgan fingerprint density at radius 1 is 1.73 bits per heavy atom. The number of amides is 1. The molecule has 15 heavy (non-hydrogen) atoms. The van der Waals surface area contributed by atoms with E-state index in [1.165, 1.54) is 11.1 Å². The van der Waals surface area contributed by atoms with Gasteiger partial charge in [-0.15, -0.1) is 0 Å². The highest BCUT2D eigenvalue weighted by atomic mass is 16.3. The summed E-state index contributed by atoms with van der Waals surface area (Å²) >= 11 is 0. The van der Waals surface area contributed by atoms with Gasteiger partial charge in [-0.25, -0.2) is 0 Å². The summed E-state index contributed by atoms with van der Waals surface area (Å²) in [6.45, 7) is 0.360. The second-order valence-corrected chi connectivity index (χ2v) is 4.09. The third-order valence-corrected chi connectivity index (χ3v) is 2.80. The van der Waals surface area contributed by atoms with Gasteiger partial charge in [0.2, 0.25) is 0 Å². The van der Waals surface area contributed by atoms with Crippen molar-refractivity contribution in [3.05, 3.63) is 11.9 Å². The molecule has 1 saturated carbocycles. The van der Waals surface area contributed by atoms with Crippen LogP contribution in [0.5, 0.6) is 0 Å². The first-order valence-corrected chi connectivity index (χ1v) is 4.94. The fourth-order valence-electron chi connectivity index (χ4n) is 1.76. The summed E-state index contributed by atoms with van der Waals surface area (Å²) in [6.07, 6.45) is 3.94. The molecule has 2 N–H and O–H groups in total. The highest BCUT2D eigenvalue weighted by Crippen LogP contribution is 2.32. The molecule has 6 heteroatoms. The molecule has 0 saturated heterocycles. The highest BCUT2D eigenvalue weighted by Gasteiger charge is 2.36. The van der Waals surface area contributed by atoms with E-state index < -0.39 is 5.60 Å². The number of carbonyl (C=O) groups is 1. The molecule has 1 aromatic heterocycles. The van der Waals surface area contributed by atoms with Gasteiger partial charge in [-0.05, 0) is 19.3 Å². The van der Waals surface area contributed by atoms with Gasteiger partial charge < -0.3 is 10.0 Å². The van der Waals surface area contributed by atoms with Crippen LogP contribution in [0.15, 0.2) is 6.20 Å². The summed E-state index contributed by atoms with van der Waals surface area (Å²) in [4.78, 5) is 13.2. The Morgan fingerprint density at radius 2 is 2.47 bits per heavy atom. The second-order valence-electron chi connectivity index (χ2n) is 4.09. The number of aromatic amines is 1. The number of aliphatic hydroxyl groups is 1.